The zero-order valence-electron chi connectivity index (χ0n) is 12.9. The number of H-pyrrole nitrogens is 1. The van der Waals surface area contributed by atoms with Crippen molar-refractivity contribution in [2.75, 3.05) is 0 Å². The second kappa shape index (κ2) is 6.25. The van der Waals surface area contributed by atoms with Crippen molar-refractivity contribution in [2.24, 2.45) is 5.10 Å². The van der Waals surface area contributed by atoms with Gasteiger partial charge in [0.05, 0.1) is 12.4 Å². The first-order valence-corrected chi connectivity index (χ1v) is 7.84. The SMILES string of the molecule is Oc1ccc2ccccc2c1/C=N/n1c(-c2cnccn2)n[nH]c1=S. The largest absolute Gasteiger partial charge is 0.507 e. The summed E-state index contributed by atoms with van der Waals surface area (Å²) in [6.45, 7) is 0. The van der Waals surface area contributed by atoms with Crippen LogP contribution in [-0.4, -0.2) is 36.2 Å². The number of benzene rings is 2. The van der Waals surface area contributed by atoms with Crippen LogP contribution in [0.2, 0.25) is 0 Å². The van der Waals surface area contributed by atoms with E-state index in [9.17, 15) is 5.11 Å². The maximum absolute atomic E-state index is 10.2. The van der Waals surface area contributed by atoms with E-state index in [2.05, 4.69) is 25.3 Å². The third-order valence-corrected chi connectivity index (χ3v) is 3.96. The molecule has 0 fully saturated rings. The number of hydrogen-bond donors (Lipinski definition) is 2. The van der Waals surface area contributed by atoms with Crippen LogP contribution >= 0.6 is 12.2 Å². The van der Waals surface area contributed by atoms with Crippen molar-refractivity contribution in [3.05, 3.63) is 65.3 Å². The van der Waals surface area contributed by atoms with Crippen LogP contribution in [0.4, 0.5) is 0 Å². The van der Waals surface area contributed by atoms with Gasteiger partial charge in [0.15, 0.2) is 0 Å². The Balaban J connectivity index is 1.84. The molecule has 0 atom stereocenters. The molecule has 8 heteroatoms. The van der Waals surface area contributed by atoms with E-state index in [1.54, 1.807) is 30.9 Å². The fourth-order valence-corrected chi connectivity index (χ4v) is 2.69. The molecule has 7 nitrogen and oxygen atoms in total. The summed E-state index contributed by atoms with van der Waals surface area (Å²) in [5.74, 6) is 0.576. The molecule has 0 radical (unpaired) electrons. The number of fused-ring (bicyclic) bond motifs is 1. The average Bonchev–Trinajstić information content (AvgIpc) is 3.02. The predicted octanol–water partition coefficient (Wildman–Crippen LogP) is 3.14. The number of nitrogens with zero attached hydrogens (tertiary/aromatic N) is 5. The quantitative estimate of drug-likeness (QED) is 0.438. The lowest BCUT2D eigenvalue weighted by Crippen LogP contribution is -1.97. The number of rotatable bonds is 3. The Morgan fingerprint density at radius 2 is 2.04 bits per heavy atom. The van der Waals surface area contributed by atoms with Crippen LogP contribution in [0.1, 0.15) is 5.56 Å². The molecule has 0 amide bonds. The minimum Gasteiger partial charge on any atom is -0.507 e. The van der Waals surface area contributed by atoms with Gasteiger partial charge in [0.25, 0.3) is 0 Å². The summed E-state index contributed by atoms with van der Waals surface area (Å²) in [4.78, 5) is 8.24. The first-order valence-electron chi connectivity index (χ1n) is 7.43. The monoisotopic (exact) mass is 348 g/mol. The highest BCUT2D eigenvalue weighted by Gasteiger charge is 2.10. The van der Waals surface area contributed by atoms with E-state index in [1.165, 1.54) is 4.68 Å². The zero-order chi connectivity index (χ0) is 17.2. The topological polar surface area (TPSA) is 92.0 Å². The Morgan fingerprint density at radius 1 is 1.16 bits per heavy atom. The van der Waals surface area contributed by atoms with E-state index in [4.69, 9.17) is 12.2 Å². The van der Waals surface area contributed by atoms with E-state index in [-0.39, 0.29) is 5.75 Å². The summed E-state index contributed by atoms with van der Waals surface area (Å²) in [7, 11) is 0. The van der Waals surface area contributed by atoms with Gasteiger partial charge in [-0.3, -0.25) is 4.98 Å². The number of phenolic OH excluding ortho intramolecular Hbond substituents is 1. The summed E-state index contributed by atoms with van der Waals surface area (Å²) in [5, 5.41) is 23.4. The number of aromatic hydroxyl groups is 1. The first kappa shape index (κ1) is 15.2. The lowest BCUT2D eigenvalue weighted by Gasteiger charge is -2.05. The molecule has 0 saturated heterocycles. The van der Waals surface area contributed by atoms with Gasteiger partial charge in [-0.15, -0.1) is 0 Å². The molecule has 0 aliphatic carbocycles. The minimum absolute atomic E-state index is 0.138. The van der Waals surface area contributed by atoms with Gasteiger partial charge in [0.2, 0.25) is 10.6 Å². The summed E-state index contributed by atoms with van der Waals surface area (Å²) < 4.78 is 1.76. The molecule has 0 saturated carbocycles. The number of nitrogens with one attached hydrogen (secondary N) is 1. The molecule has 2 aromatic heterocycles. The van der Waals surface area contributed by atoms with Crippen molar-refractivity contribution in [3.8, 4) is 17.3 Å². The molecule has 0 bridgehead atoms. The van der Waals surface area contributed by atoms with Gasteiger partial charge < -0.3 is 5.11 Å². The maximum atomic E-state index is 10.2. The molecule has 122 valence electrons. The summed E-state index contributed by atoms with van der Waals surface area (Å²) in [6, 6.07) is 11.2. The summed E-state index contributed by atoms with van der Waals surface area (Å²) in [6.07, 6.45) is 6.28. The predicted molar refractivity (Wildman–Crippen MR) is 97.0 cm³/mol. The molecular weight excluding hydrogens is 336 g/mol. The van der Waals surface area contributed by atoms with E-state index >= 15 is 0 Å². The molecule has 25 heavy (non-hydrogen) atoms. The molecule has 0 spiro atoms. The number of aromatic amines is 1. The van der Waals surface area contributed by atoms with Gasteiger partial charge in [0, 0.05) is 18.0 Å². The fourth-order valence-electron chi connectivity index (χ4n) is 2.51. The molecule has 0 aliphatic heterocycles. The van der Waals surface area contributed by atoms with Crippen molar-refractivity contribution in [2.45, 2.75) is 0 Å². The van der Waals surface area contributed by atoms with Crippen LogP contribution in [0.3, 0.4) is 0 Å². The van der Waals surface area contributed by atoms with Gasteiger partial charge in [-0.25, -0.2) is 10.1 Å². The highest BCUT2D eigenvalue weighted by atomic mass is 32.1. The molecule has 4 aromatic rings. The summed E-state index contributed by atoms with van der Waals surface area (Å²) in [5.41, 5.74) is 1.14. The van der Waals surface area contributed by atoms with Crippen LogP contribution in [-0.2, 0) is 0 Å². The number of phenols is 1. The Kier molecular flexibility index (Phi) is 3.79. The second-order valence-corrected chi connectivity index (χ2v) is 5.61. The molecule has 2 N–H and O–H groups in total. The highest BCUT2D eigenvalue weighted by Crippen LogP contribution is 2.25. The Labute approximate surface area is 147 Å². The van der Waals surface area contributed by atoms with Crippen LogP contribution in [0.15, 0.2) is 60.1 Å². The Morgan fingerprint density at radius 3 is 2.88 bits per heavy atom. The maximum Gasteiger partial charge on any atom is 0.216 e. The van der Waals surface area contributed by atoms with E-state index < -0.39 is 0 Å². The molecule has 2 aromatic carbocycles. The van der Waals surface area contributed by atoms with Crippen LogP contribution < -0.4 is 0 Å². The van der Waals surface area contributed by atoms with Gasteiger partial charge in [-0.05, 0) is 29.1 Å². The third kappa shape index (κ3) is 2.79. The standard InChI is InChI=1S/C17H12N6OS/c24-15-6-5-11-3-1-2-4-12(11)13(15)9-20-23-16(21-22-17(23)25)14-10-18-7-8-19-14/h1-10,24H,(H,22,25)/b20-9+. The Bertz CT molecular complexity index is 1130. The van der Waals surface area contributed by atoms with Crippen molar-refractivity contribution < 1.29 is 5.11 Å². The number of aromatic nitrogens is 5. The second-order valence-electron chi connectivity index (χ2n) is 5.22. The molecule has 0 unspecified atom stereocenters. The highest BCUT2D eigenvalue weighted by molar-refractivity contribution is 7.71. The van der Waals surface area contributed by atoms with Gasteiger partial charge in [0.1, 0.15) is 11.4 Å². The molecule has 4 rings (SSSR count). The average molecular weight is 348 g/mol. The van der Waals surface area contributed by atoms with Crippen molar-refractivity contribution in [1.82, 2.24) is 24.8 Å². The smallest absolute Gasteiger partial charge is 0.216 e. The third-order valence-electron chi connectivity index (χ3n) is 3.69. The van der Waals surface area contributed by atoms with Crippen molar-refractivity contribution in [3.63, 3.8) is 0 Å². The van der Waals surface area contributed by atoms with Gasteiger partial charge in [-0.2, -0.15) is 14.9 Å². The van der Waals surface area contributed by atoms with E-state index in [1.807, 2.05) is 30.3 Å². The lowest BCUT2D eigenvalue weighted by atomic mass is 10.0. The van der Waals surface area contributed by atoms with Crippen LogP contribution in [0, 0.1) is 4.77 Å². The lowest BCUT2D eigenvalue weighted by molar-refractivity contribution is 0.475. The van der Waals surface area contributed by atoms with E-state index in [0.29, 0.717) is 21.9 Å². The normalized spacial score (nSPS) is 11.4. The molecule has 2 heterocycles. The van der Waals surface area contributed by atoms with Crippen LogP contribution in [0.25, 0.3) is 22.3 Å². The molecule has 0 aliphatic rings. The summed E-state index contributed by atoms with van der Waals surface area (Å²) >= 11 is 5.24. The van der Waals surface area contributed by atoms with E-state index in [0.717, 1.165) is 10.8 Å². The van der Waals surface area contributed by atoms with Gasteiger partial charge >= 0.3 is 0 Å². The fraction of sp³-hybridized carbons (Fsp3) is 0. The molecular formula is C17H12N6OS. The van der Waals surface area contributed by atoms with Gasteiger partial charge in [-0.1, -0.05) is 30.3 Å². The van der Waals surface area contributed by atoms with Crippen molar-refractivity contribution in [1.29, 1.82) is 0 Å². The van der Waals surface area contributed by atoms with Crippen LogP contribution in [0.5, 0.6) is 5.75 Å². The number of hydrogen-bond acceptors (Lipinski definition) is 6. The van der Waals surface area contributed by atoms with Crippen molar-refractivity contribution >= 4 is 29.2 Å². The Hall–Kier alpha value is -3.39. The first-order chi connectivity index (χ1) is 12.2. The minimum atomic E-state index is 0.138. The zero-order valence-corrected chi connectivity index (χ0v) is 13.7.